The van der Waals surface area contributed by atoms with Crippen LogP contribution in [0.2, 0.25) is 0 Å². The molecule has 0 radical (unpaired) electrons. The second-order valence-corrected chi connectivity index (χ2v) is 7.88. The molecule has 0 aliphatic carbocycles. The molecular formula is C21H33N5S. The second-order valence-electron chi connectivity index (χ2n) is 6.56. The third-order valence-electron chi connectivity index (χ3n) is 4.67. The summed E-state index contributed by atoms with van der Waals surface area (Å²) in [6.45, 7) is 10.3. The number of aryl methyl sites for hydroxylation is 1. The molecule has 2 N–H and O–H groups in total. The van der Waals surface area contributed by atoms with Crippen LogP contribution in [0.15, 0.2) is 41.5 Å². The van der Waals surface area contributed by atoms with Crippen molar-refractivity contribution < 1.29 is 0 Å². The van der Waals surface area contributed by atoms with Crippen molar-refractivity contribution in [3.05, 3.63) is 52.0 Å². The van der Waals surface area contributed by atoms with Crippen molar-refractivity contribution in [3.8, 4) is 0 Å². The third kappa shape index (κ3) is 7.31. The average Bonchev–Trinajstić information content (AvgIpc) is 3.11. The Labute approximate surface area is 167 Å². The number of rotatable bonds is 10. The summed E-state index contributed by atoms with van der Waals surface area (Å²) < 4.78 is 0. The van der Waals surface area contributed by atoms with Crippen LogP contribution in [0, 0.1) is 6.92 Å². The highest BCUT2D eigenvalue weighted by Gasteiger charge is 2.16. The lowest BCUT2D eigenvalue weighted by molar-refractivity contribution is 0.215. The summed E-state index contributed by atoms with van der Waals surface area (Å²) in [6.07, 6.45) is 3.89. The number of hydrogen-bond acceptors (Lipinski definition) is 4. The van der Waals surface area contributed by atoms with Crippen molar-refractivity contribution in [2.24, 2.45) is 4.99 Å². The van der Waals surface area contributed by atoms with Gasteiger partial charge in [0.15, 0.2) is 5.96 Å². The van der Waals surface area contributed by atoms with Crippen LogP contribution >= 0.6 is 11.3 Å². The molecule has 0 aliphatic rings. The van der Waals surface area contributed by atoms with Crippen molar-refractivity contribution in [1.29, 1.82) is 0 Å². The van der Waals surface area contributed by atoms with E-state index in [1.807, 2.05) is 13.2 Å². The highest BCUT2D eigenvalue weighted by molar-refractivity contribution is 7.11. The smallest absolute Gasteiger partial charge is 0.191 e. The average molecular weight is 388 g/mol. The van der Waals surface area contributed by atoms with Crippen molar-refractivity contribution in [2.75, 3.05) is 33.2 Å². The highest BCUT2D eigenvalue weighted by atomic mass is 32.1. The topological polar surface area (TPSA) is 52.5 Å². The Morgan fingerprint density at radius 2 is 1.93 bits per heavy atom. The molecule has 1 heterocycles. The molecule has 2 rings (SSSR count). The number of hydrogen-bond donors (Lipinski definition) is 2. The van der Waals surface area contributed by atoms with Gasteiger partial charge in [-0.1, -0.05) is 44.2 Å². The highest BCUT2D eigenvalue weighted by Crippen LogP contribution is 2.11. The maximum Gasteiger partial charge on any atom is 0.191 e. The Morgan fingerprint density at radius 1 is 1.19 bits per heavy atom. The summed E-state index contributed by atoms with van der Waals surface area (Å²) in [5, 5.41) is 8.09. The zero-order valence-electron chi connectivity index (χ0n) is 17.0. The maximum absolute atomic E-state index is 4.42. The molecule has 0 saturated heterocycles. The van der Waals surface area contributed by atoms with E-state index in [0.717, 1.165) is 45.0 Å². The first-order chi connectivity index (χ1) is 13.2. The first kappa shape index (κ1) is 21.4. The fraction of sp³-hybridized carbons (Fsp3) is 0.524. The Bertz CT molecular complexity index is 679. The van der Waals surface area contributed by atoms with E-state index in [0.29, 0.717) is 6.04 Å². The normalized spacial score (nSPS) is 13.0. The maximum atomic E-state index is 4.42. The molecule has 0 saturated carbocycles. The summed E-state index contributed by atoms with van der Waals surface area (Å²) in [6, 6.07) is 11.1. The van der Waals surface area contributed by atoms with Gasteiger partial charge < -0.3 is 10.6 Å². The molecule has 148 valence electrons. The van der Waals surface area contributed by atoms with Crippen molar-refractivity contribution in [1.82, 2.24) is 20.5 Å². The van der Waals surface area contributed by atoms with Crippen molar-refractivity contribution in [2.45, 2.75) is 39.7 Å². The van der Waals surface area contributed by atoms with Crippen LogP contribution in [0.25, 0.3) is 0 Å². The van der Waals surface area contributed by atoms with Gasteiger partial charge in [0.2, 0.25) is 0 Å². The molecule has 27 heavy (non-hydrogen) atoms. The van der Waals surface area contributed by atoms with E-state index in [-0.39, 0.29) is 0 Å². The quantitative estimate of drug-likeness (QED) is 0.486. The van der Waals surface area contributed by atoms with Crippen molar-refractivity contribution in [3.63, 3.8) is 0 Å². The molecular weight excluding hydrogens is 354 g/mol. The van der Waals surface area contributed by atoms with E-state index in [1.165, 1.54) is 15.4 Å². The molecule has 6 heteroatoms. The summed E-state index contributed by atoms with van der Waals surface area (Å²) in [4.78, 5) is 12.6. The molecule has 0 amide bonds. The molecule has 0 aliphatic heterocycles. The van der Waals surface area contributed by atoms with Crippen molar-refractivity contribution >= 4 is 17.3 Å². The molecule has 5 nitrogen and oxygen atoms in total. The van der Waals surface area contributed by atoms with Gasteiger partial charge >= 0.3 is 0 Å². The standard InChI is InChI=1S/C21H33N5S/c1-5-26(6-2)19(14-18-10-8-7-9-11-18)16-25-21(22-4)23-13-12-20-24-15-17(3)27-20/h7-11,15,19H,5-6,12-14,16H2,1-4H3,(H2,22,23,25). The van der Waals surface area contributed by atoms with Gasteiger partial charge in [-0.15, -0.1) is 11.3 Å². The summed E-state index contributed by atoms with van der Waals surface area (Å²) in [5.41, 5.74) is 1.37. The van der Waals surface area contributed by atoms with Crippen LogP contribution in [-0.4, -0.2) is 55.1 Å². The van der Waals surface area contributed by atoms with Gasteiger partial charge in [0.05, 0.1) is 5.01 Å². The number of likely N-dealkylation sites (N-methyl/N-ethyl adjacent to an activating group) is 1. The zero-order chi connectivity index (χ0) is 19.5. The predicted octanol–water partition coefficient (Wildman–Crippen LogP) is 3.11. The minimum Gasteiger partial charge on any atom is -0.356 e. The second kappa shape index (κ2) is 11.7. The van der Waals surface area contributed by atoms with E-state index < -0.39 is 0 Å². The van der Waals surface area contributed by atoms with Gasteiger partial charge in [-0.2, -0.15) is 0 Å². The number of thiazole rings is 1. The fourth-order valence-electron chi connectivity index (χ4n) is 3.20. The summed E-state index contributed by atoms with van der Waals surface area (Å²) >= 11 is 1.76. The van der Waals surface area contributed by atoms with Gasteiger partial charge in [-0.05, 0) is 32.0 Å². The first-order valence-electron chi connectivity index (χ1n) is 9.80. The van der Waals surface area contributed by atoms with Crippen LogP contribution < -0.4 is 10.6 Å². The largest absolute Gasteiger partial charge is 0.356 e. The van der Waals surface area contributed by atoms with Crippen LogP contribution in [-0.2, 0) is 12.8 Å². The molecule has 1 unspecified atom stereocenters. The number of aromatic nitrogens is 1. The molecule has 0 bridgehead atoms. The number of aliphatic imine (C=N–C) groups is 1. The van der Waals surface area contributed by atoms with E-state index in [4.69, 9.17) is 0 Å². The lowest BCUT2D eigenvalue weighted by atomic mass is 10.0. The Balaban J connectivity index is 1.86. The first-order valence-corrected chi connectivity index (χ1v) is 10.6. The minimum absolute atomic E-state index is 0.433. The minimum atomic E-state index is 0.433. The van der Waals surface area contributed by atoms with Gasteiger partial charge in [-0.3, -0.25) is 9.89 Å². The van der Waals surface area contributed by atoms with Crippen LogP contribution in [0.3, 0.4) is 0 Å². The number of guanidine groups is 1. The lowest BCUT2D eigenvalue weighted by Gasteiger charge is -2.30. The Kier molecular flexibility index (Phi) is 9.28. The zero-order valence-corrected chi connectivity index (χ0v) is 17.9. The number of nitrogens with zero attached hydrogens (tertiary/aromatic N) is 3. The number of nitrogens with one attached hydrogen (secondary N) is 2. The SMILES string of the molecule is CCN(CC)C(CNC(=NC)NCCc1ncc(C)s1)Cc1ccccc1. The van der Waals surface area contributed by atoms with Crippen LogP contribution in [0.5, 0.6) is 0 Å². The fourth-order valence-corrected chi connectivity index (χ4v) is 3.98. The molecule has 1 aromatic carbocycles. The Morgan fingerprint density at radius 3 is 2.52 bits per heavy atom. The van der Waals surface area contributed by atoms with E-state index >= 15 is 0 Å². The van der Waals surface area contributed by atoms with E-state index in [1.54, 1.807) is 11.3 Å². The molecule has 0 fully saturated rings. The lowest BCUT2D eigenvalue weighted by Crippen LogP contribution is -2.48. The van der Waals surface area contributed by atoms with E-state index in [2.05, 4.69) is 76.6 Å². The molecule has 1 atom stereocenters. The monoisotopic (exact) mass is 387 g/mol. The van der Waals surface area contributed by atoms with Gasteiger partial charge in [0.25, 0.3) is 0 Å². The molecule has 0 spiro atoms. The van der Waals surface area contributed by atoms with E-state index in [9.17, 15) is 0 Å². The van der Waals surface area contributed by atoms with Gasteiger partial charge in [0.1, 0.15) is 0 Å². The molecule has 2 aromatic rings. The summed E-state index contributed by atoms with van der Waals surface area (Å²) in [7, 11) is 1.83. The summed E-state index contributed by atoms with van der Waals surface area (Å²) in [5.74, 6) is 0.855. The predicted molar refractivity (Wildman–Crippen MR) is 117 cm³/mol. The third-order valence-corrected chi connectivity index (χ3v) is 5.64. The van der Waals surface area contributed by atoms with Crippen LogP contribution in [0.1, 0.15) is 29.3 Å². The Hall–Kier alpha value is -1.92. The van der Waals surface area contributed by atoms with Gasteiger partial charge in [0, 0.05) is 43.7 Å². The molecule has 1 aromatic heterocycles. The van der Waals surface area contributed by atoms with Gasteiger partial charge in [-0.25, -0.2) is 4.98 Å². The van der Waals surface area contributed by atoms with Crippen LogP contribution in [0.4, 0.5) is 0 Å². The number of benzene rings is 1.